The molecule has 0 spiro atoms. The molecule has 0 bridgehead atoms. The van der Waals surface area contributed by atoms with E-state index in [0.717, 1.165) is 126 Å². The van der Waals surface area contributed by atoms with Gasteiger partial charge in [-0.25, -0.2) is 29.5 Å². The van der Waals surface area contributed by atoms with Crippen molar-refractivity contribution in [3.8, 4) is 34.7 Å². The average Bonchev–Trinajstić information content (AvgIpc) is 0.813. The van der Waals surface area contributed by atoms with Crippen molar-refractivity contribution >= 4 is 82.1 Å². The van der Waals surface area contributed by atoms with Gasteiger partial charge in [-0.15, -0.1) is 0 Å². The number of benzene rings is 2. The normalized spacial score (nSPS) is 16.0. The van der Waals surface area contributed by atoms with Crippen molar-refractivity contribution in [3.63, 3.8) is 0 Å². The predicted octanol–water partition coefficient (Wildman–Crippen LogP) is 6.72. The van der Waals surface area contributed by atoms with Crippen LogP contribution in [0.4, 0.5) is 23.0 Å². The van der Waals surface area contributed by atoms with Crippen LogP contribution in [0.2, 0.25) is 0 Å². The van der Waals surface area contributed by atoms with Crippen LogP contribution in [-0.4, -0.2) is 213 Å². The number of pyridine rings is 2. The van der Waals surface area contributed by atoms with Gasteiger partial charge in [0.1, 0.15) is 48.1 Å². The first-order chi connectivity index (χ1) is 48.5. The fourth-order valence-corrected chi connectivity index (χ4v) is 14.2. The first-order valence-corrected chi connectivity index (χ1v) is 36.0. The van der Waals surface area contributed by atoms with Crippen LogP contribution in [-0.2, 0) is 62.6 Å². The number of anilines is 4. The molecule has 4 aliphatic heterocycles. The van der Waals surface area contributed by atoms with Crippen molar-refractivity contribution in [2.24, 2.45) is 11.8 Å². The van der Waals surface area contributed by atoms with E-state index in [-0.39, 0.29) is 59.6 Å². The SMILES string of the molecule is CC(=O)Nc1ccc(-c2nc(SCc3cccc(CCC(=O)N4CCN(CC5CCN(CCOC(=O)/C=C\C(=O)OCCN6CCC(CN7CCN(C(=O)CCc8cccc(CSc9nc(N)c(C#N)c(-c%10ccc(NC(C)=O)cc%10)n9)n8)CC7)CC6)CC5)CC4)n3)nc(N)c2C#N)cc1. The molecule has 10 rings (SSSR count). The number of esters is 2. The topological polar surface area (TPSA) is 341 Å². The third kappa shape index (κ3) is 22.0. The lowest BCUT2D eigenvalue weighted by Crippen LogP contribution is -2.50. The molecule has 6 aromatic rings. The third-order valence-corrected chi connectivity index (χ3v) is 19.9. The van der Waals surface area contributed by atoms with Crippen molar-refractivity contribution < 1.29 is 38.2 Å². The summed E-state index contributed by atoms with van der Waals surface area (Å²) in [4.78, 5) is 116. The Bertz CT molecular complexity index is 3700. The van der Waals surface area contributed by atoms with Crippen molar-refractivity contribution in [1.82, 2.24) is 59.3 Å². The Morgan fingerprint density at radius 3 is 1.23 bits per heavy atom. The molecule has 100 heavy (non-hydrogen) atoms. The van der Waals surface area contributed by atoms with Gasteiger partial charge >= 0.3 is 11.9 Å². The number of thioether (sulfide) groups is 2. The number of aryl methyl sites for hydroxylation is 2. The molecule has 4 aromatic heterocycles. The average molecular weight is 1400 g/mol. The summed E-state index contributed by atoms with van der Waals surface area (Å²) in [6.45, 7) is 16.3. The number of carbonyl (C=O) groups excluding carboxylic acids is 6. The number of piperidine rings is 2. The molecule has 4 amide bonds. The highest BCUT2D eigenvalue weighted by atomic mass is 32.2. The van der Waals surface area contributed by atoms with Crippen LogP contribution in [0.15, 0.2) is 107 Å². The minimum atomic E-state index is -0.574. The Labute approximate surface area is 591 Å². The summed E-state index contributed by atoms with van der Waals surface area (Å²) in [5.41, 5.74) is 19.4. The van der Waals surface area contributed by atoms with Crippen LogP contribution in [0.1, 0.15) is 86.3 Å². The number of nitrogen functional groups attached to an aromatic ring is 2. The second kappa shape index (κ2) is 36.6. The van der Waals surface area contributed by atoms with Crippen molar-refractivity contribution in [2.75, 3.05) is 140 Å². The zero-order chi connectivity index (χ0) is 70.3. The number of hydrogen-bond acceptors (Lipinski definition) is 24. The van der Waals surface area contributed by atoms with Crippen molar-refractivity contribution in [2.45, 2.75) is 87.0 Å². The maximum absolute atomic E-state index is 13.4. The largest absolute Gasteiger partial charge is 0.461 e. The summed E-state index contributed by atoms with van der Waals surface area (Å²) in [5.74, 6) is 0.904. The Hall–Kier alpha value is -9.42. The van der Waals surface area contributed by atoms with Gasteiger partial charge in [0.05, 0.1) is 22.8 Å². The molecular formula is C72H86N18O8S2. The molecule has 524 valence electrons. The molecule has 2 aromatic carbocycles. The van der Waals surface area contributed by atoms with E-state index in [1.165, 1.54) is 37.4 Å². The summed E-state index contributed by atoms with van der Waals surface area (Å²) < 4.78 is 10.9. The second-order valence-electron chi connectivity index (χ2n) is 25.4. The van der Waals surface area contributed by atoms with Crippen LogP contribution in [0.25, 0.3) is 22.5 Å². The Morgan fingerprint density at radius 2 is 0.870 bits per heavy atom. The molecule has 4 fully saturated rings. The lowest BCUT2D eigenvalue weighted by molar-refractivity contribution is -0.141. The van der Waals surface area contributed by atoms with Crippen LogP contribution in [0.5, 0.6) is 0 Å². The van der Waals surface area contributed by atoms with Crippen LogP contribution >= 0.6 is 23.5 Å². The smallest absolute Gasteiger partial charge is 0.331 e. The van der Waals surface area contributed by atoms with E-state index in [4.69, 9.17) is 30.9 Å². The summed E-state index contributed by atoms with van der Waals surface area (Å²) in [7, 11) is 0. The number of nitriles is 2. The molecule has 0 saturated carbocycles. The van der Waals surface area contributed by atoms with Gasteiger partial charge in [-0.1, -0.05) is 59.9 Å². The standard InChI is InChI=1S/C72H86N18O8S2/c1-49(91)77-57-13-9-53(10-14-57)67-61(43-73)69(75)83-71(81-67)99-47-59-7-3-5-55(79-59)17-19-63(93)89-35-31-87(32-36-89)45-51-23-27-85(28-24-51)39-41-97-65(95)21-22-66(96)98-42-40-86-29-25-52(26-30-86)46-88-33-37-90(38-34-88)64(94)20-18-56-6-4-8-60(80-56)48-100-72-82-68(62(44-74)70(76)84-72)54-11-15-58(16-12-54)78-50(2)92/h3-16,21-22,51-52H,17-20,23-42,45-48H2,1-2H3,(H,77,91)(H,78,92)(H2,75,81,83)(H2,76,82,84)/b22-21-. The lowest BCUT2D eigenvalue weighted by Gasteiger charge is -2.39. The van der Waals surface area contributed by atoms with Crippen LogP contribution in [0.3, 0.4) is 0 Å². The van der Waals surface area contributed by atoms with Gasteiger partial charge in [0.15, 0.2) is 10.3 Å². The highest BCUT2D eigenvalue weighted by molar-refractivity contribution is 7.98. The molecular weight excluding hydrogens is 1310 g/mol. The Balaban J connectivity index is 0.529. The van der Waals surface area contributed by atoms with E-state index in [9.17, 15) is 39.3 Å². The number of piperazine rings is 2. The van der Waals surface area contributed by atoms with Gasteiger partial charge in [0.25, 0.3) is 0 Å². The Morgan fingerprint density at radius 1 is 0.500 bits per heavy atom. The summed E-state index contributed by atoms with van der Waals surface area (Å²) in [5, 5.41) is 25.9. The number of aromatic nitrogens is 6. The van der Waals surface area contributed by atoms with E-state index in [1.54, 1.807) is 48.5 Å². The van der Waals surface area contributed by atoms with Gasteiger partial charge in [-0.3, -0.25) is 48.7 Å². The molecule has 4 aliphatic rings. The first kappa shape index (κ1) is 73.3. The van der Waals surface area contributed by atoms with Gasteiger partial charge < -0.3 is 41.4 Å². The molecule has 0 atom stereocenters. The maximum atomic E-state index is 13.4. The van der Waals surface area contributed by atoms with E-state index < -0.39 is 11.9 Å². The van der Waals surface area contributed by atoms with E-state index in [2.05, 4.69) is 62.3 Å². The Kier molecular flexibility index (Phi) is 26.8. The number of hydrogen-bond donors (Lipinski definition) is 4. The second-order valence-corrected chi connectivity index (χ2v) is 27.3. The van der Waals surface area contributed by atoms with E-state index >= 15 is 0 Å². The van der Waals surface area contributed by atoms with Gasteiger partial charge in [0, 0.05) is 163 Å². The predicted molar refractivity (Wildman–Crippen MR) is 381 cm³/mol. The summed E-state index contributed by atoms with van der Waals surface area (Å²) in [6, 6.07) is 29.8. The summed E-state index contributed by atoms with van der Waals surface area (Å²) >= 11 is 2.71. The minimum absolute atomic E-state index is 0.0799. The molecule has 26 nitrogen and oxygen atoms in total. The lowest BCUT2D eigenvalue weighted by atomic mass is 9.96. The fraction of sp³-hybridized carbons (Fsp3) is 0.444. The maximum Gasteiger partial charge on any atom is 0.331 e. The number of ether oxygens (including phenoxy) is 2. The quantitative estimate of drug-likeness (QED) is 0.0171. The van der Waals surface area contributed by atoms with Gasteiger partial charge in [0.2, 0.25) is 23.6 Å². The monoisotopic (exact) mass is 1390 g/mol. The van der Waals surface area contributed by atoms with Gasteiger partial charge in [-0.05, 0) is 125 Å². The number of amides is 4. The molecule has 8 heterocycles. The van der Waals surface area contributed by atoms with Crippen molar-refractivity contribution in [3.05, 3.63) is 131 Å². The third-order valence-electron chi connectivity index (χ3n) is 18.2. The number of rotatable bonds is 28. The first-order valence-electron chi connectivity index (χ1n) is 34.0. The summed E-state index contributed by atoms with van der Waals surface area (Å²) in [6.07, 6.45) is 8.22. The minimum Gasteiger partial charge on any atom is -0.461 e. The van der Waals surface area contributed by atoms with E-state index in [1.807, 2.05) is 46.2 Å². The van der Waals surface area contributed by atoms with E-state index in [0.29, 0.717) is 132 Å². The van der Waals surface area contributed by atoms with Gasteiger partial charge in [-0.2, -0.15) is 10.5 Å². The number of nitrogens with zero attached hydrogens (tertiary/aromatic N) is 14. The molecule has 28 heteroatoms. The highest BCUT2D eigenvalue weighted by Gasteiger charge is 2.29. The zero-order valence-corrected chi connectivity index (χ0v) is 58.3. The number of likely N-dealkylation sites (tertiary alicyclic amines) is 2. The van der Waals surface area contributed by atoms with Crippen molar-refractivity contribution in [1.29, 1.82) is 10.5 Å². The number of nitrogens with one attached hydrogen (secondary N) is 2. The molecule has 6 N–H and O–H groups in total. The molecule has 0 unspecified atom stereocenters. The number of nitrogens with two attached hydrogens (primary N) is 2. The fourth-order valence-electron chi connectivity index (χ4n) is 12.7. The number of carbonyl (C=O) groups is 6. The molecule has 0 aliphatic carbocycles. The highest BCUT2D eigenvalue weighted by Crippen LogP contribution is 2.32. The van der Waals surface area contributed by atoms with Crippen LogP contribution in [0, 0.1) is 34.5 Å². The molecule has 0 radical (unpaired) electrons. The zero-order valence-electron chi connectivity index (χ0n) is 56.7. The van der Waals surface area contributed by atoms with Crippen LogP contribution < -0.4 is 22.1 Å². The molecule has 4 saturated heterocycles.